The molecule has 0 bridgehead atoms. The maximum atomic E-state index is 12.3. The van der Waals surface area contributed by atoms with Gasteiger partial charge in [0.1, 0.15) is 0 Å². The summed E-state index contributed by atoms with van der Waals surface area (Å²) in [5, 5.41) is 0. The van der Waals surface area contributed by atoms with E-state index in [0.29, 0.717) is 5.69 Å². The summed E-state index contributed by atoms with van der Waals surface area (Å²) in [5.41, 5.74) is 2.44. The Morgan fingerprint density at radius 3 is 2.40 bits per heavy atom. The molecule has 0 radical (unpaired) electrons. The number of benzene rings is 2. The molecule has 2 rings (SSSR count). The third-order valence-corrected chi connectivity index (χ3v) is 5.00. The van der Waals surface area contributed by atoms with Crippen LogP contribution in [0.3, 0.4) is 0 Å². The van der Waals surface area contributed by atoms with Gasteiger partial charge in [-0.1, -0.05) is 36.4 Å². The lowest BCUT2D eigenvalue weighted by atomic mass is 10.1. The number of nitrogens with one attached hydrogen (secondary N) is 1. The van der Waals surface area contributed by atoms with E-state index in [1.165, 1.54) is 11.8 Å². The van der Waals surface area contributed by atoms with Crippen molar-refractivity contribution in [3.05, 3.63) is 59.7 Å². The summed E-state index contributed by atoms with van der Waals surface area (Å²) in [5.74, 6) is -0.0115. The highest BCUT2D eigenvalue weighted by molar-refractivity contribution is 7.99. The fourth-order valence-corrected chi connectivity index (χ4v) is 3.85. The van der Waals surface area contributed by atoms with E-state index in [1.807, 2.05) is 55.6 Å². The Labute approximate surface area is 124 Å². The fraction of sp³-hybridized carbons (Fsp3) is 0.200. The van der Waals surface area contributed by atoms with Gasteiger partial charge >= 0.3 is 0 Å². The molecule has 0 saturated heterocycles. The zero-order chi connectivity index (χ0) is 14.6. The van der Waals surface area contributed by atoms with Crippen LogP contribution in [0, 0.1) is 6.92 Å². The fourth-order valence-electron chi connectivity index (χ4n) is 1.91. The molecule has 0 spiro atoms. The van der Waals surface area contributed by atoms with E-state index in [1.54, 1.807) is 6.07 Å². The summed E-state index contributed by atoms with van der Waals surface area (Å²) < 4.78 is 27.2. The zero-order valence-corrected chi connectivity index (χ0v) is 13.1. The molecule has 20 heavy (non-hydrogen) atoms. The van der Waals surface area contributed by atoms with E-state index in [2.05, 4.69) is 4.72 Å². The highest BCUT2D eigenvalue weighted by Crippen LogP contribution is 2.26. The number of anilines is 1. The molecule has 5 heteroatoms. The van der Waals surface area contributed by atoms with Crippen LogP contribution in [0.1, 0.15) is 11.1 Å². The summed E-state index contributed by atoms with van der Waals surface area (Å²) in [6, 6.07) is 14.9. The Balaban J connectivity index is 2.22. The molecule has 0 aliphatic carbocycles. The van der Waals surface area contributed by atoms with Crippen LogP contribution < -0.4 is 4.72 Å². The maximum absolute atomic E-state index is 12.3. The maximum Gasteiger partial charge on any atom is 0.236 e. The number of sulfonamides is 1. The van der Waals surface area contributed by atoms with Crippen LogP contribution in [0.4, 0.5) is 5.69 Å². The van der Waals surface area contributed by atoms with E-state index in [-0.39, 0.29) is 5.75 Å². The quantitative estimate of drug-likeness (QED) is 0.858. The van der Waals surface area contributed by atoms with Gasteiger partial charge in [0.15, 0.2) is 0 Å². The largest absolute Gasteiger partial charge is 0.282 e. The van der Waals surface area contributed by atoms with E-state index in [4.69, 9.17) is 0 Å². The monoisotopic (exact) mass is 307 g/mol. The molecule has 3 nitrogen and oxygen atoms in total. The summed E-state index contributed by atoms with van der Waals surface area (Å²) in [4.78, 5) is 0.917. The molecule has 0 aromatic heterocycles. The second-order valence-corrected chi connectivity index (χ2v) is 7.06. The molecule has 1 N–H and O–H groups in total. The number of hydrogen-bond acceptors (Lipinski definition) is 3. The van der Waals surface area contributed by atoms with Gasteiger partial charge in [0, 0.05) is 4.90 Å². The van der Waals surface area contributed by atoms with Crippen molar-refractivity contribution in [3.63, 3.8) is 0 Å². The SMILES string of the molecule is CSc1ccccc1NS(=O)(=O)Cc1ccccc1C. The first-order chi connectivity index (χ1) is 9.52. The Morgan fingerprint density at radius 1 is 1.05 bits per heavy atom. The lowest BCUT2D eigenvalue weighted by Crippen LogP contribution is -2.16. The van der Waals surface area contributed by atoms with Gasteiger partial charge in [-0.15, -0.1) is 11.8 Å². The van der Waals surface area contributed by atoms with Gasteiger partial charge in [-0.3, -0.25) is 4.72 Å². The van der Waals surface area contributed by atoms with Crippen LogP contribution in [0.5, 0.6) is 0 Å². The first kappa shape index (κ1) is 14.9. The van der Waals surface area contributed by atoms with Gasteiger partial charge in [-0.25, -0.2) is 8.42 Å². The van der Waals surface area contributed by atoms with E-state index < -0.39 is 10.0 Å². The Hall–Kier alpha value is -1.46. The van der Waals surface area contributed by atoms with Gasteiger partial charge in [0.05, 0.1) is 11.4 Å². The van der Waals surface area contributed by atoms with E-state index in [0.717, 1.165) is 16.0 Å². The van der Waals surface area contributed by atoms with Crippen molar-refractivity contribution in [2.24, 2.45) is 0 Å². The molecule has 0 amide bonds. The third-order valence-electron chi connectivity index (χ3n) is 2.98. The van der Waals surface area contributed by atoms with Crippen LogP contribution in [-0.2, 0) is 15.8 Å². The number of aryl methyl sites for hydroxylation is 1. The average molecular weight is 307 g/mol. The van der Waals surface area contributed by atoms with Crippen LogP contribution in [0.15, 0.2) is 53.4 Å². The first-order valence-electron chi connectivity index (χ1n) is 6.20. The standard InChI is InChI=1S/C15H17NO2S2/c1-12-7-3-4-8-13(12)11-20(17,18)16-14-9-5-6-10-15(14)19-2/h3-10,16H,11H2,1-2H3. The predicted octanol–water partition coefficient (Wildman–Crippen LogP) is 3.66. The average Bonchev–Trinajstić information content (AvgIpc) is 2.41. The summed E-state index contributed by atoms with van der Waals surface area (Å²) in [6.07, 6.45) is 1.93. The zero-order valence-electron chi connectivity index (χ0n) is 11.5. The second kappa shape index (κ2) is 6.33. The second-order valence-electron chi connectivity index (χ2n) is 4.49. The number of rotatable bonds is 5. The molecule has 106 valence electrons. The Morgan fingerprint density at radius 2 is 1.70 bits per heavy atom. The van der Waals surface area contributed by atoms with E-state index >= 15 is 0 Å². The Kier molecular flexibility index (Phi) is 4.73. The van der Waals surface area contributed by atoms with Crippen molar-refractivity contribution in [3.8, 4) is 0 Å². The molecular formula is C15H17NO2S2. The molecule has 2 aromatic carbocycles. The molecule has 0 atom stereocenters. The first-order valence-corrected chi connectivity index (χ1v) is 9.07. The minimum atomic E-state index is -3.41. The van der Waals surface area contributed by atoms with Crippen molar-refractivity contribution in [2.75, 3.05) is 11.0 Å². The lowest BCUT2D eigenvalue weighted by Gasteiger charge is -2.12. The van der Waals surface area contributed by atoms with Gasteiger partial charge in [0.25, 0.3) is 0 Å². The van der Waals surface area contributed by atoms with Crippen LogP contribution in [0.2, 0.25) is 0 Å². The summed E-state index contributed by atoms with van der Waals surface area (Å²) in [6.45, 7) is 1.92. The van der Waals surface area contributed by atoms with Gasteiger partial charge in [-0.2, -0.15) is 0 Å². The van der Waals surface area contributed by atoms with Crippen molar-refractivity contribution < 1.29 is 8.42 Å². The molecular weight excluding hydrogens is 290 g/mol. The van der Waals surface area contributed by atoms with Crippen molar-refractivity contribution >= 4 is 27.5 Å². The van der Waals surface area contributed by atoms with Crippen LogP contribution >= 0.6 is 11.8 Å². The molecule has 0 aliphatic heterocycles. The minimum absolute atomic E-state index is 0.0115. The smallest absolute Gasteiger partial charge is 0.236 e. The lowest BCUT2D eigenvalue weighted by molar-refractivity contribution is 0.600. The van der Waals surface area contributed by atoms with Gasteiger partial charge < -0.3 is 0 Å². The van der Waals surface area contributed by atoms with Crippen LogP contribution in [0.25, 0.3) is 0 Å². The molecule has 0 saturated carbocycles. The summed E-state index contributed by atoms with van der Waals surface area (Å²) >= 11 is 1.52. The number of thioether (sulfide) groups is 1. The molecule has 0 unspecified atom stereocenters. The minimum Gasteiger partial charge on any atom is -0.282 e. The molecule has 0 heterocycles. The molecule has 0 fully saturated rings. The van der Waals surface area contributed by atoms with Crippen molar-refractivity contribution in [2.45, 2.75) is 17.6 Å². The topological polar surface area (TPSA) is 46.2 Å². The predicted molar refractivity (Wildman–Crippen MR) is 85.6 cm³/mol. The van der Waals surface area contributed by atoms with Crippen molar-refractivity contribution in [1.82, 2.24) is 0 Å². The molecule has 2 aromatic rings. The molecule has 0 aliphatic rings. The van der Waals surface area contributed by atoms with Crippen molar-refractivity contribution in [1.29, 1.82) is 0 Å². The van der Waals surface area contributed by atoms with Gasteiger partial charge in [0.2, 0.25) is 10.0 Å². The summed E-state index contributed by atoms with van der Waals surface area (Å²) in [7, 11) is -3.41. The number of para-hydroxylation sites is 1. The van der Waals surface area contributed by atoms with Crippen LogP contribution in [-0.4, -0.2) is 14.7 Å². The highest BCUT2D eigenvalue weighted by atomic mass is 32.2. The number of hydrogen-bond donors (Lipinski definition) is 1. The van der Waals surface area contributed by atoms with E-state index in [9.17, 15) is 8.42 Å². The Bertz CT molecular complexity index is 697. The van der Waals surface area contributed by atoms with Gasteiger partial charge in [-0.05, 0) is 36.4 Å². The normalized spacial score (nSPS) is 11.3. The third kappa shape index (κ3) is 3.77. The highest BCUT2D eigenvalue weighted by Gasteiger charge is 2.14.